The monoisotopic (exact) mass is 338 g/mol. The maximum absolute atomic E-state index is 14.7. The zero-order valence-corrected chi connectivity index (χ0v) is 13.2. The summed E-state index contributed by atoms with van der Waals surface area (Å²) in [6, 6.07) is 1.62. The Hall–Kier alpha value is -1.82. The van der Waals surface area contributed by atoms with Crippen molar-refractivity contribution in [1.29, 1.82) is 0 Å². The second-order valence-corrected chi connectivity index (χ2v) is 6.77. The molecule has 2 amide bonds. The van der Waals surface area contributed by atoms with Gasteiger partial charge in [0, 0.05) is 13.1 Å². The highest BCUT2D eigenvalue weighted by Crippen LogP contribution is 2.43. The van der Waals surface area contributed by atoms with E-state index in [2.05, 4.69) is 10.2 Å². The number of cyclic esters (lactones) is 1. The minimum Gasteiger partial charge on any atom is -0.431 e. The maximum Gasteiger partial charge on any atom is 0.415 e. The van der Waals surface area contributed by atoms with Gasteiger partial charge in [0.05, 0.1) is 16.3 Å². The molecule has 1 unspecified atom stereocenters. The number of halogens is 2. The molecule has 5 nitrogen and oxygen atoms in total. The molecule has 1 atom stereocenters. The third-order valence-electron chi connectivity index (χ3n) is 4.93. The van der Waals surface area contributed by atoms with Crippen molar-refractivity contribution in [3.05, 3.63) is 28.0 Å². The van der Waals surface area contributed by atoms with Crippen LogP contribution in [-0.4, -0.2) is 25.1 Å². The average Bonchev–Trinajstić information content (AvgIpc) is 2.99. The van der Waals surface area contributed by atoms with Gasteiger partial charge in [-0.15, -0.1) is 0 Å². The van der Waals surface area contributed by atoms with Crippen molar-refractivity contribution < 1.29 is 18.7 Å². The fourth-order valence-electron chi connectivity index (χ4n) is 3.58. The summed E-state index contributed by atoms with van der Waals surface area (Å²) in [4.78, 5) is 25.4. The molecule has 2 heterocycles. The van der Waals surface area contributed by atoms with Crippen molar-refractivity contribution in [2.24, 2.45) is 5.92 Å². The minimum atomic E-state index is -1.27. The van der Waals surface area contributed by atoms with Crippen LogP contribution in [0, 0.1) is 11.7 Å². The van der Waals surface area contributed by atoms with Gasteiger partial charge in [-0.3, -0.25) is 10.1 Å². The van der Waals surface area contributed by atoms with Gasteiger partial charge in [0.15, 0.2) is 5.82 Å². The topological polar surface area (TPSA) is 58.6 Å². The van der Waals surface area contributed by atoms with Gasteiger partial charge in [-0.1, -0.05) is 18.0 Å². The molecule has 23 heavy (non-hydrogen) atoms. The van der Waals surface area contributed by atoms with E-state index in [1.165, 1.54) is 19.3 Å². The van der Waals surface area contributed by atoms with Gasteiger partial charge in [-0.2, -0.15) is 0 Å². The van der Waals surface area contributed by atoms with Crippen LogP contribution in [0.3, 0.4) is 0 Å². The van der Waals surface area contributed by atoms with Crippen molar-refractivity contribution in [3.8, 4) is 0 Å². The molecule has 0 spiro atoms. The van der Waals surface area contributed by atoms with E-state index in [0.29, 0.717) is 11.6 Å². The number of carbonyl (C=O) groups excluding carboxylic acids is 2. The van der Waals surface area contributed by atoms with Crippen molar-refractivity contribution in [3.63, 3.8) is 0 Å². The lowest BCUT2D eigenvalue weighted by Gasteiger charge is -2.32. The van der Waals surface area contributed by atoms with Crippen molar-refractivity contribution in [2.45, 2.75) is 31.8 Å². The largest absolute Gasteiger partial charge is 0.431 e. The number of ether oxygens (including phenoxy) is 1. The van der Waals surface area contributed by atoms with E-state index in [9.17, 15) is 14.0 Å². The molecular weight excluding hydrogens is 323 g/mol. The molecule has 1 saturated carbocycles. The quantitative estimate of drug-likeness (QED) is 0.920. The zero-order valence-electron chi connectivity index (χ0n) is 12.4. The SMILES string of the molecule is O=C1NC(=O)C(c2c(F)c(Cl)cc3c2N(CC2CCC2)CC3)O1. The minimum absolute atomic E-state index is 0.0417. The Morgan fingerprint density at radius 3 is 2.78 bits per heavy atom. The lowest BCUT2D eigenvalue weighted by molar-refractivity contribution is -0.123. The first-order valence-electron chi connectivity index (χ1n) is 7.82. The standard InChI is InChI=1S/C16H16ClFN2O3/c17-10-6-9-4-5-20(7-8-2-1-3-8)13(9)11(12(10)18)14-15(21)19-16(22)23-14/h6,8,14H,1-5,7H2,(H,19,21,22). The van der Waals surface area contributed by atoms with E-state index in [1.54, 1.807) is 6.07 Å². The van der Waals surface area contributed by atoms with Crippen LogP contribution in [0.2, 0.25) is 5.02 Å². The van der Waals surface area contributed by atoms with Crippen LogP contribution in [0.1, 0.15) is 36.5 Å². The van der Waals surface area contributed by atoms with E-state index < -0.39 is 23.9 Å². The molecule has 1 aliphatic carbocycles. The van der Waals surface area contributed by atoms with Gasteiger partial charge < -0.3 is 9.64 Å². The number of nitrogens with one attached hydrogen (secondary N) is 1. The van der Waals surface area contributed by atoms with Crippen LogP contribution >= 0.6 is 11.6 Å². The molecule has 4 rings (SSSR count). The number of alkyl carbamates (subject to hydrolysis) is 1. The molecule has 7 heteroatoms. The second kappa shape index (κ2) is 5.37. The Bertz CT molecular complexity index is 705. The van der Waals surface area contributed by atoms with Crippen LogP contribution in [0.5, 0.6) is 0 Å². The number of imide groups is 1. The van der Waals surface area contributed by atoms with E-state index >= 15 is 0 Å². The fraction of sp³-hybridized carbons (Fsp3) is 0.500. The summed E-state index contributed by atoms with van der Waals surface area (Å²) in [5.41, 5.74) is 1.67. The summed E-state index contributed by atoms with van der Waals surface area (Å²) in [5, 5.41) is 2.01. The number of hydrogen-bond donors (Lipinski definition) is 1. The number of anilines is 1. The number of hydrogen-bond acceptors (Lipinski definition) is 4. The fourth-order valence-corrected chi connectivity index (χ4v) is 3.81. The first-order valence-corrected chi connectivity index (χ1v) is 8.19. The van der Waals surface area contributed by atoms with Crippen LogP contribution in [-0.2, 0) is 16.0 Å². The molecule has 1 N–H and O–H groups in total. The van der Waals surface area contributed by atoms with Crippen LogP contribution in [0.15, 0.2) is 6.07 Å². The second-order valence-electron chi connectivity index (χ2n) is 6.36. The van der Waals surface area contributed by atoms with Crippen molar-refractivity contribution in [1.82, 2.24) is 5.32 Å². The molecule has 122 valence electrons. The predicted octanol–water partition coefficient (Wildman–Crippen LogP) is 2.95. The molecule has 1 aromatic carbocycles. The lowest BCUT2D eigenvalue weighted by Crippen LogP contribution is -2.32. The number of nitrogens with zero attached hydrogens (tertiary/aromatic N) is 1. The van der Waals surface area contributed by atoms with Gasteiger partial charge in [-0.05, 0) is 36.8 Å². The smallest absolute Gasteiger partial charge is 0.415 e. The zero-order chi connectivity index (χ0) is 16.1. The lowest BCUT2D eigenvalue weighted by atomic mass is 9.85. The Morgan fingerprint density at radius 2 is 2.17 bits per heavy atom. The van der Waals surface area contributed by atoms with E-state index in [4.69, 9.17) is 16.3 Å². The van der Waals surface area contributed by atoms with E-state index in [0.717, 1.165) is 25.1 Å². The summed E-state index contributed by atoms with van der Waals surface area (Å²) in [6.45, 7) is 1.60. The average molecular weight is 339 g/mol. The highest BCUT2D eigenvalue weighted by Gasteiger charge is 2.41. The van der Waals surface area contributed by atoms with Crippen molar-refractivity contribution in [2.75, 3.05) is 18.0 Å². The summed E-state index contributed by atoms with van der Waals surface area (Å²) < 4.78 is 19.7. The predicted molar refractivity (Wildman–Crippen MR) is 82.0 cm³/mol. The van der Waals surface area contributed by atoms with Gasteiger partial charge >= 0.3 is 6.09 Å². The maximum atomic E-state index is 14.7. The number of amides is 2. The van der Waals surface area contributed by atoms with Gasteiger partial charge in [0.2, 0.25) is 6.10 Å². The van der Waals surface area contributed by atoms with Gasteiger partial charge in [0.1, 0.15) is 0 Å². The van der Waals surface area contributed by atoms with Crippen LogP contribution in [0.4, 0.5) is 14.9 Å². The summed E-state index contributed by atoms with van der Waals surface area (Å²) >= 11 is 5.99. The summed E-state index contributed by atoms with van der Waals surface area (Å²) in [5.74, 6) is -0.720. The Morgan fingerprint density at radius 1 is 1.39 bits per heavy atom. The van der Waals surface area contributed by atoms with E-state index in [1.807, 2.05) is 0 Å². The van der Waals surface area contributed by atoms with Crippen molar-refractivity contribution >= 4 is 29.3 Å². The number of fused-ring (bicyclic) bond motifs is 1. The molecule has 3 aliphatic rings. The Kier molecular flexibility index (Phi) is 3.44. The number of rotatable bonds is 3. The van der Waals surface area contributed by atoms with Crippen LogP contribution < -0.4 is 10.2 Å². The molecule has 0 bridgehead atoms. The molecule has 1 saturated heterocycles. The Labute approximate surface area is 137 Å². The molecule has 1 aromatic rings. The highest BCUT2D eigenvalue weighted by molar-refractivity contribution is 6.31. The highest BCUT2D eigenvalue weighted by atomic mass is 35.5. The molecule has 2 fully saturated rings. The first-order chi connectivity index (χ1) is 11.0. The first kappa shape index (κ1) is 14.8. The third kappa shape index (κ3) is 2.36. The molecule has 2 aliphatic heterocycles. The van der Waals surface area contributed by atoms with Gasteiger partial charge in [0.25, 0.3) is 5.91 Å². The number of carbonyl (C=O) groups is 2. The van der Waals surface area contributed by atoms with E-state index in [-0.39, 0.29) is 10.6 Å². The molecular formula is C16H16ClFN2O3. The third-order valence-corrected chi connectivity index (χ3v) is 5.20. The van der Waals surface area contributed by atoms with Crippen LogP contribution in [0.25, 0.3) is 0 Å². The normalized spacial score (nSPS) is 23.6. The number of benzene rings is 1. The summed E-state index contributed by atoms with van der Waals surface area (Å²) in [7, 11) is 0. The summed E-state index contributed by atoms with van der Waals surface area (Å²) in [6.07, 6.45) is 2.22. The Balaban J connectivity index is 1.78. The molecule has 0 radical (unpaired) electrons. The molecule has 0 aromatic heterocycles. The van der Waals surface area contributed by atoms with Gasteiger partial charge in [-0.25, -0.2) is 9.18 Å².